The van der Waals surface area contributed by atoms with Gasteiger partial charge in [-0.05, 0) is 38.5 Å². The lowest BCUT2D eigenvalue weighted by atomic mass is 9.58. The third-order valence-electron chi connectivity index (χ3n) is 3.83. The van der Waals surface area contributed by atoms with E-state index in [1.165, 1.54) is 0 Å². The minimum Gasteiger partial charge on any atom is -0.325 e. The summed E-state index contributed by atoms with van der Waals surface area (Å²) >= 11 is 0. The Morgan fingerprint density at radius 2 is 1.33 bits per heavy atom. The Hall–Kier alpha value is -0.180. The molecule has 3 heteroatoms. The van der Waals surface area contributed by atoms with Crippen LogP contribution in [0.2, 0.25) is 0 Å². The molecule has 0 aromatic rings. The first-order valence-corrected chi connectivity index (χ1v) is 4.64. The molecule has 2 N–H and O–H groups in total. The first-order valence-electron chi connectivity index (χ1n) is 4.64. The Balaban J connectivity index is 2.14. The molecule has 2 bridgehead atoms. The van der Waals surface area contributed by atoms with E-state index >= 15 is 0 Å². The van der Waals surface area contributed by atoms with E-state index in [9.17, 15) is 8.78 Å². The molecule has 0 unspecified atom stereocenters. The smallest absolute Gasteiger partial charge is 0.244 e. The average Bonchev–Trinajstić information content (AvgIpc) is 2.06. The van der Waals surface area contributed by atoms with Gasteiger partial charge in [-0.15, -0.1) is 0 Å². The molecule has 70 valence electrons. The van der Waals surface area contributed by atoms with Gasteiger partial charge >= 0.3 is 0 Å². The second-order valence-corrected chi connectivity index (χ2v) is 4.53. The normalized spacial score (nSPS) is 47.0. The number of hydrogen-bond acceptors (Lipinski definition) is 1. The molecule has 3 aliphatic carbocycles. The molecular formula is C9H15F2N. The van der Waals surface area contributed by atoms with E-state index in [0.717, 1.165) is 19.3 Å². The van der Waals surface area contributed by atoms with Crippen LogP contribution < -0.4 is 5.73 Å². The Morgan fingerprint density at radius 1 is 0.917 bits per heavy atom. The predicted molar refractivity (Wildman–Crippen MR) is 43.1 cm³/mol. The molecule has 3 fully saturated rings. The van der Waals surface area contributed by atoms with Crippen LogP contribution >= 0.6 is 0 Å². The second kappa shape index (κ2) is 2.41. The maximum Gasteiger partial charge on any atom is 0.244 e. The first-order chi connectivity index (χ1) is 5.56. The quantitative estimate of drug-likeness (QED) is 0.650. The zero-order chi connectivity index (χ0) is 8.82. The van der Waals surface area contributed by atoms with Crippen LogP contribution in [0.5, 0.6) is 0 Å². The molecule has 0 aliphatic heterocycles. The Morgan fingerprint density at radius 3 is 1.67 bits per heavy atom. The molecule has 12 heavy (non-hydrogen) atoms. The summed E-state index contributed by atoms with van der Waals surface area (Å²) in [7, 11) is 0. The Kier molecular flexibility index (Phi) is 1.69. The van der Waals surface area contributed by atoms with Crippen molar-refractivity contribution in [3.05, 3.63) is 0 Å². The standard InChI is InChI=1S/C9H15F2N/c10-7(11)8-1-4-9(12,5-2-8)6-3-8/h7H,1-6,12H2. The van der Waals surface area contributed by atoms with Gasteiger partial charge in [0.2, 0.25) is 6.43 Å². The van der Waals surface area contributed by atoms with Crippen molar-refractivity contribution in [2.24, 2.45) is 11.1 Å². The van der Waals surface area contributed by atoms with E-state index in [4.69, 9.17) is 5.73 Å². The number of alkyl halides is 2. The van der Waals surface area contributed by atoms with Gasteiger partial charge in [0.25, 0.3) is 0 Å². The van der Waals surface area contributed by atoms with Gasteiger partial charge < -0.3 is 5.73 Å². The van der Waals surface area contributed by atoms with Crippen LogP contribution in [0.1, 0.15) is 38.5 Å². The van der Waals surface area contributed by atoms with Crippen molar-refractivity contribution in [2.45, 2.75) is 50.5 Å². The monoisotopic (exact) mass is 175 g/mol. The highest BCUT2D eigenvalue weighted by atomic mass is 19.3. The molecule has 0 aromatic heterocycles. The lowest BCUT2D eigenvalue weighted by Crippen LogP contribution is -2.53. The summed E-state index contributed by atoms with van der Waals surface area (Å²) < 4.78 is 25.4. The van der Waals surface area contributed by atoms with E-state index in [2.05, 4.69) is 0 Å². The van der Waals surface area contributed by atoms with Crippen molar-refractivity contribution in [1.82, 2.24) is 0 Å². The topological polar surface area (TPSA) is 26.0 Å². The highest BCUT2D eigenvalue weighted by molar-refractivity contribution is 5.03. The van der Waals surface area contributed by atoms with Gasteiger partial charge in [-0.1, -0.05) is 0 Å². The van der Waals surface area contributed by atoms with Gasteiger partial charge in [0.1, 0.15) is 0 Å². The molecular weight excluding hydrogens is 160 g/mol. The van der Waals surface area contributed by atoms with Gasteiger partial charge in [0, 0.05) is 11.0 Å². The van der Waals surface area contributed by atoms with Crippen LogP contribution in [-0.2, 0) is 0 Å². The third kappa shape index (κ3) is 1.06. The zero-order valence-corrected chi connectivity index (χ0v) is 7.15. The van der Waals surface area contributed by atoms with Crippen molar-refractivity contribution >= 4 is 0 Å². The van der Waals surface area contributed by atoms with Gasteiger partial charge in [-0.3, -0.25) is 0 Å². The van der Waals surface area contributed by atoms with Crippen LogP contribution in [0.4, 0.5) is 8.78 Å². The van der Waals surface area contributed by atoms with Gasteiger partial charge in [-0.2, -0.15) is 0 Å². The average molecular weight is 175 g/mol. The highest BCUT2D eigenvalue weighted by Gasteiger charge is 2.51. The largest absolute Gasteiger partial charge is 0.325 e. The van der Waals surface area contributed by atoms with E-state index in [1.807, 2.05) is 0 Å². The number of rotatable bonds is 1. The summed E-state index contributed by atoms with van der Waals surface area (Å²) in [5.41, 5.74) is 5.27. The maximum absolute atomic E-state index is 12.7. The first kappa shape index (κ1) is 8.42. The summed E-state index contributed by atoms with van der Waals surface area (Å²) in [6, 6.07) is 0. The molecule has 3 rings (SSSR count). The maximum atomic E-state index is 12.7. The second-order valence-electron chi connectivity index (χ2n) is 4.53. The molecule has 0 amide bonds. The fourth-order valence-corrected chi connectivity index (χ4v) is 2.57. The van der Waals surface area contributed by atoms with Crippen molar-refractivity contribution in [3.63, 3.8) is 0 Å². The highest BCUT2D eigenvalue weighted by Crippen LogP contribution is 2.54. The van der Waals surface area contributed by atoms with Crippen LogP contribution in [-0.4, -0.2) is 12.0 Å². The summed E-state index contributed by atoms with van der Waals surface area (Å²) in [6.45, 7) is 0. The molecule has 0 radical (unpaired) electrons. The van der Waals surface area contributed by atoms with E-state index in [0.29, 0.717) is 19.3 Å². The summed E-state index contributed by atoms with van der Waals surface area (Å²) in [5.74, 6) is 0. The van der Waals surface area contributed by atoms with Crippen molar-refractivity contribution in [1.29, 1.82) is 0 Å². The molecule has 0 atom stereocenters. The predicted octanol–water partition coefficient (Wildman–Crippen LogP) is 2.30. The minimum atomic E-state index is -2.14. The summed E-state index contributed by atoms with van der Waals surface area (Å²) in [4.78, 5) is 0. The lowest BCUT2D eigenvalue weighted by Gasteiger charge is -2.51. The van der Waals surface area contributed by atoms with Crippen molar-refractivity contribution in [3.8, 4) is 0 Å². The van der Waals surface area contributed by atoms with Crippen molar-refractivity contribution in [2.75, 3.05) is 0 Å². The minimum absolute atomic E-state index is 0.0867. The van der Waals surface area contributed by atoms with E-state index in [1.54, 1.807) is 0 Å². The fraction of sp³-hybridized carbons (Fsp3) is 1.00. The SMILES string of the molecule is NC12CCC(C(F)F)(CC1)CC2. The molecule has 0 aromatic carbocycles. The zero-order valence-electron chi connectivity index (χ0n) is 7.15. The van der Waals surface area contributed by atoms with Crippen LogP contribution in [0, 0.1) is 5.41 Å². The third-order valence-corrected chi connectivity index (χ3v) is 3.83. The van der Waals surface area contributed by atoms with Crippen molar-refractivity contribution < 1.29 is 8.78 Å². The number of hydrogen-bond donors (Lipinski definition) is 1. The molecule has 0 saturated heterocycles. The number of nitrogens with two attached hydrogens (primary N) is 1. The summed E-state index contributed by atoms with van der Waals surface area (Å²) in [6.07, 6.45) is 2.19. The number of halogens is 2. The van der Waals surface area contributed by atoms with Gasteiger partial charge in [0.05, 0.1) is 0 Å². The van der Waals surface area contributed by atoms with Crippen LogP contribution in [0.15, 0.2) is 0 Å². The Labute approximate surface area is 71.3 Å². The number of fused-ring (bicyclic) bond motifs is 3. The molecule has 1 nitrogen and oxygen atoms in total. The molecule has 0 spiro atoms. The van der Waals surface area contributed by atoms with Crippen LogP contribution in [0.25, 0.3) is 0 Å². The molecule has 0 heterocycles. The Bertz CT molecular complexity index is 166. The summed E-state index contributed by atoms with van der Waals surface area (Å²) in [5, 5.41) is 0. The molecule has 3 saturated carbocycles. The van der Waals surface area contributed by atoms with Gasteiger partial charge in [0.15, 0.2) is 0 Å². The fourth-order valence-electron chi connectivity index (χ4n) is 2.57. The molecule has 3 aliphatic rings. The van der Waals surface area contributed by atoms with Gasteiger partial charge in [-0.25, -0.2) is 8.78 Å². The van der Waals surface area contributed by atoms with E-state index < -0.39 is 11.8 Å². The van der Waals surface area contributed by atoms with E-state index in [-0.39, 0.29) is 5.54 Å². The lowest BCUT2D eigenvalue weighted by molar-refractivity contribution is -0.0818. The van der Waals surface area contributed by atoms with Crippen LogP contribution in [0.3, 0.4) is 0 Å².